The van der Waals surface area contributed by atoms with Crippen LogP contribution >= 0.6 is 22.7 Å². The van der Waals surface area contributed by atoms with E-state index in [1.807, 2.05) is 11.3 Å². The molecule has 0 aliphatic carbocycles. The lowest BCUT2D eigenvalue weighted by Gasteiger charge is -2.33. The lowest BCUT2D eigenvalue weighted by molar-refractivity contribution is 0.172. The number of nitrogens with zero attached hydrogens (tertiary/aromatic N) is 2. The summed E-state index contributed by atoms with van der Waals surface area (Å²) in [7, 11) is 0. The summed E-state index contributed by atoms with van der Waals surface area (Å²) < 4.78 is 0. The predicted octanol–water partition coefficient (Wildman–Crippen LogP) is 4.46. The molecule has 0 bridgehead atoms. The van der Waals surface area contributed by atoms with E-state index in [1.54, 1.807) is 11.3 Å². The van der Waals surface area contributed by atoms with Gasteiger partial charge in [-0.15, -0.1) is 22.7 Å². The van der Waals surface area contributed by atoms with Crippen molar-refractivity contribution >= 4 is 22.7 Å². The topological polar surface area (TPSA) is 16.1 Å². The third kappa shape index (κ3) is 2.91. The van der Waals surface area contributed by atoms with Crippen molar-refractivity contribution in [3.8, 4) is 10.6 Å². The second-order valence-electron chi connectivity index (χ2n) is 5.45. The van der Waals surface area contributed by atoms with Crippen molar-refractivity contribution < 1.29 is 0 Å². The minimum atomic E-state index is 0.675. The molecule has 0 spiro atoms. The van der Waals surface area contributed by atoms with Crippen LogP contribution in [0.4, 0.5) is 0 Å². The molecule has 0 N–H and O–H groups in total. The molecule has 1 fully saturated rings. The first-order chi connectivity index (χ1) is 9.24. The van der Waals surface area contributed by atoms with Gasteiger partial charge in [0.1, 0.15) is 0 Å². The van der Waals surface area contributed by atoms with E-state index in [0.717, 1.165) is 0 Å². The monoisotopic (exact) mass is 292 g/mol. The van der Waals surface area contributed by atoms with Gasteiger partial charge in [-0.25, -0.2) is 4.98 Å². The Morgan fingerprint density at radius 2 is 2.05 bits per heavy atom. The fraction of sp³-hybridized carbons (Fsp3) is 0.533. The van der Waals surface area contributed by atoms with Crippen molar-refractivity contribution in [1.29, 1.82) is 0 Å². The summed E-state index contributed by atoms with van der Waals surface area (Å²) in [5.74, 6) is 0.675. The number of hydrogen-bond donors (Lipinski definition) is 0. The first kappa shape index (κ1) is 13.3. The van der Waals surface area contributed by atoms with Gasteiger partial charge in [-0.3, -0.25) is 0 Å². The van der Waals surface area contributed by atoms with Gasteiger partial charge in [0.25, 0.3) is 0 Å². The van der Waals surface area contributed by atoms with Crippen molar-refractivity contribution in [1.82, 2.24) is 9.88 Å². The van der Waals surface area contributed by atoms with Gasteiger partial charge in [-0.05, 0) is 51.2 Å². The second-order valence-corrected chi connectivity index (χ2v) is 7.29. The number of aromatic nitrogens is 1. The maximum atomic E-state index is 4.86. The van der Waals surface area contributed by atoms with Crippen LogP contribution in [0.25, 0.3) is 10.6 Å². The number of hydrogen-bond acceptors (Lipinski definition) is 4. The number of likely N-dealkylation sites (tertiary alicyclic amines) is 1. The summed E-state index contributed by atoms with van der Waals surface area (Å²) in [6.07, 6.45) is 2.52. The normalized spacial score (nSPS) is 18.3. The molecular formula is C15H20N2S2. The molecule has 0 radical (unpaired) electrons. The van der Waals surface area contributed by atoms with Gasteiger partial charge in [0.05, 0.1) is 15.6 Å². The van der Waals surface area contributed by atoms with E-state index in [4.69, 9.17) is 4.98 Å². The van der Waals surface area contributed by atoms with Gasteiger partial charge in [0.15, 0.2) is 0 Å². The summed E-state index contributed by atoms with van der Waals surface area (Å²) in [6, 6.07) is 4.93. The Balaban J connectivity index is 1.68. The molecule has 1 aliphatic rings. The Bertz CT molecular complexity index is 508. The maximum absolute atomic E-state index is 4.86. The zero-order valence-electron chi connectivity index (χ0n) is 11.5. The zero-order chi connectivity index (χ0) is 13.2. The minimum Gasteiger partial charge on any atom is -0.301 e. The maximum Gasteiger partial charge on any atom is 0.0964 e. The first-order valence-electron chi connectivity index (χ1n) is 6.97. The van der Waals surface area contributed by atoms with Crippen LogP contribution in [0.15, 0.2) is 22.9 Å². The van der Waals surface area contributed by atoms with E-state index in [0.29, 0.717) is 12.0 Å². The second kappa shape index (κ2) is 5.73. The highest BCUT2D eigenvalue weighted by Crippen LogP contribution is 2.34. The average Bonchev–Trinajstić information content (AvgIpc) is 3.10. The highest BCUT2D eigenvalue weighted by molar-refractivity contribution is 7.14. The van der Waals surface area contributed by atoms with Gasteiger partial charge < -0.3 is 4.90 Å². The van der Waals surface area contributed by atoms with Gasteiger partial charge >= 0.3 is 0 Å². The molecule has 2 nitrogen and oxygen atoms in total. The van der Waals surface area contributed by atoms with Crippen LogP contribution in [-0.4, -0.2) is 29.0 Å². The van der Waals surface area contributed by atoms with E-state index >= 15 is 0 Å². The number of thiazole rings is 1. The minimum absolute atomic E-state index is 0.675. The molecule has 0 amide bonds. The molecule has 1 saturated heterocycles. The number of thiophene rings is 1. The molecule has 4 heteroatoms. The predicted molar refractivity (Wildman–Crippen MR) is 84.1 cm³/mol. The van der Waals surface area contributed by atoms with E-state index in [1.165, 1.54) is 41.5 Å². The standard InChI is InChI=1S/C15H20N2S2/c1-11(2)17-7-5-12(6-8-17)15-16-13(10-19-15)14-4-3-9-18-14/h3-4,9-12H,5-8H2,1-2H3. The molecule has 0 unspecified atom stereocenters. The van der Waals surface area contributed by atoms with Crippen LogP contribution in [0.3, 0.4) is 0 Å². The highest BCUT2D eigenvalue weighted by Gasteiger charge is 2.24. The molecule has 3 rings (SSSR count). The first-order valence-corrected chi connectivity index (χ1v) is 8.73. The van der Waals surface area contributed by atoms with Crippen LogP contribution in [0.1, 0.15) is 37.6 Å². The molecular weight excluding hydrogens is 272 g/mol. The fourth-order valence-electron chi connectivity index (χ4n) is 2.68. The summed E-state index contributed by atoms with van der Waals surface area (Å²) in [5.41, 5.74) is 1.17. The van der Waals surface area contributed by atoms with E-state index < -0.39 is 0 Å². The number of rotatable bonds is 3. The van der Waals surface area contributed by atoms with Crippen LogP contribution in [0.5, 0.6) is 0 Å². The smallest absolute Gasteiger partial charge is 0.0964 e. The van der Waals surface area contributed by atoms with Gasteiger partial charge in [0, 0.05) is 17.3 Å². The van der Waals surface area contributed by atoms with Gasteiger partial charge in [-0.2, -0.15) is 0 Å². The molecule has 102 valence electrons. The zero-order valence-corrected chi connectivity index (χ0v) is 13.1. The molecule has 19 heavy (non-hydrogen) atoms. The summed E-state index contributed by atoms with van der Waals surface area (Å²) in [4.78, 5) is 8.72. The SMILES string of the molecule is CC(C)N1CCC(c2nc(-c3cccs3)cs2)CC1. The van der Waals surface area contributed by atoms with E-state index in [-0.39, 0.29) is 0 Å². The molecule has 0 aromatic carbocycles. The Kier molecular flexibility index (Phi) is 4.01. The molecule has 0 atom stereocenters. The molecule has 3 heterocycles. The third-order valence-corrected chi connectivity index (χ3v) is 5.80. The van der Waals surface area contributed by atoms with Gasteiger partial charge in [0.2, 0.25) is 0 Å². The van der Waals surface area contributed by atoms with Crippen molar-refractivity contribution in [2.75, 3.05) is 13.1 Å². The number of piperidine rings is 1. The van der Waals surface area contributed by atoms with Gasteiger partial charge in [-0.1, -0.05) is 6.07 Å². The Labute approximate surface area is 123 Å². The Morgan fingerprint density at radius 3 is 2.68 bits per heavy atom. The van der Waals surface area contributed by atoms with Crippen molar-refractivity contribution in [2.24, 2.45) is 0 Å². The Morgan fingerprint density at radius 1 is 1.26 bits per heavy atom. The van der Waals surface area contributed by atoms with Crippen LogP contribution in [0, 0.1) is 0 Å². The summed E-state index contributed by atoms with van der Waals surface area (Å²) >= 11 is 3.62. The Hall–Kier alpha value is -0.710. The van der Waals surface area contributed by atoms with Crippen LogP contribution in [0.2, 0.25) is 0 Å². The van der Waals surface area contributed by atoms with Crippen LogP contribution in [-0.2, 0) is 0 Å². The molecule has 2 aromatic rings. The quantitative estimate of drug-likeness (QED) is 0.830. The van der Waals surface area contributed by atoms with E-state index in [9.17, 15) is 0 Å². The van der Waals surface area contributed by atoms with E-state index in [2.05, 4.69) is 41.6 Å². The third-order valence-electron chi connectivity index (χ3n) is 3.90. The van der Waals surface area contributed by atoms with Crippen molar-refractivity contribution in [3.63, 3.8) is 0 Å². The molecule has 0 saturated carbocycles. The molecule has 1 aliphatic heterocycles. The van der Waals surface area contributed by atoms with Crippen molar-refractivity contribution in [2.45, 2.75) is 38.6 Å². The lowest BCUT2D eigenvalue weighted by Crippen LogP contribution is -2.37. The summed E-state index contributed by atoms with van der Waals surface area (Å²) in [5, 5.41) is 5.68. The van der Waals surface area contributed by atoms with Crippen LogP contribution < -0.4 is 0 Å². The van der Waals surface area contributed by atoms with Crippen molar-refractivity contribution in [3.05, 3.63) is 27.9 Å². The average molecular weight is 292 g/mol. The highest BCUT2D eigenvalue weighted by atomic mass is 32.1. The largest absolute Gasteiger partial charge is 0.301 e. The fourth-order valence-corrected chi connectivity index (χ4v) is 4.43. The molecule has 2 aromatic heterocycles. The summed E-state index contributed by atoms with van der Waals surface area (Å²) in [6.45, 7) is 7.02. The lowest BCUT2D eigenvalue weighted by atomic mass is 9.97.